The van der Waals surface area contributed by atoms with Crippen LogP contribution in [0, 0.1) is 35.3 Å². The van der Waals surface area contributed by atoms with E-state index < -0.39 is 17.6 Å². The molecule has 0 aromatic heterocycles. The molecule has 28 heavy (non-hydrogen) atoms. The number of esters is 1. The summed E-state index contributed by atoms with van der Waals surface area (Å²) < 4.78 is 38.4. The Morgan fingerprint density at radius 1 is 0.929 bits per heavy atom. The van der Waals surface area contributed by atoms with Crippen molar-refractivity contribution in [3.05, 3.63) is 36.1 Å². The van der Waals surface area contributed by atoms with Crippen molar-refractivity contribution in [1.82, 2.24) is 0 Å². The molecule has 0 spiro atoms. The molecule has 0 unspecified atom stereocenters. The molecule has 0 N–H and O–H groups in total. The molecule has 0 heterocycles. The van der Waals surface area contributed by atoms with Gasteiger partial charge in [0.1, 0.15) is 0 Å². The van der Waals surface area contributed by atoms with Crippen molar-refractivity contribution in [1.29, 1.82) is 0 Å². The van der Waals surface area contributed by atoms with Crippen molar-refractivity contribution in [2.45, 2.75) is 65.2 Å². The molecule has 2 aliphatic carbocycles. The topological polar surface area (TPSA) is 35.5 Å². The van der Waals surface area contributed by atoms with E-state index in [-0.39, 0.29) is 17.4 Å². The minimum Gasteiger partial charge on any atom is -0.462 e. The lowest BCUT2D eigenvalue weighted by Crippen LogP contribution is -2.30. The Morgan fingerprint density at radius 3 is 2.07 bits per heavy atom. The van der Waals surface area contributed by atoms with Crippen LogP contribution in [-0.4, -0.2) is 5.97 Å². The molecule has 2 saturated carbocycles. The van der Waals surface area contributed by atoms with Crippen LogP contribution in [0.25, 0.3) is 0 Å². The van der Waals surface area contributed by atoms with Crippen molar-refractivity contribution < 1.29 is 23.0 Å². The van der Waals surface area contributed by atoms with E-state index in [0.29, 0.717) is 5.92 Å². The van der Waals surface area contributed by atoms with Crippen molar-refractivity contribution in [3.8, 4) is 11.5 Å². The fourth-order valence-electron chi connectivity index (χ4n) is 4.60. The average Bonchev–Trinajstić information content (AvgIpc) is 2.71. The molecule has 1 aromatic carbocycles. The third-order valence-corrected chi connectivity index (χ3v) is 6.39. The van der Waals surface area contributed by atoms with Crippen LogP contribution in [0.5, 0.6) is 11.5 Å². The molecule has 2 aliphatic rings. The van der Waals surface area contributed by atoms with Gasteiger partial charge in [-0.05, 0) is 75.3 Å². The molecular formula is C23H30F2O3. The number of hydrogen-bond donors (Lipinski definition) is 0. The molecular weight excluding hydrogens is 362 g/mol. The molecule has 0 bridgehead atoms. The summed E-state index contributed by atoms with van der Waals surface area (Å²) in [5.74, 6) is -1.35. The van der Waals surface area contributed by atoms with Gasteiger partial charge in [0.05, 0.1) is 12.2 Å². The maximum absolute atomic E-state index is 14.2. The van der Waals surface area contributed by atoms with Gasteiger partial charge in [-0.15, -0.1) is 0 Å². The third-order valence-electron chi connectivity index (χ3n) is 6.39. The van der Waals surface area contributed by atoms with Gasteiger partial charge < -0.3 is 9.47 Å². The van der Waals surface area contributed by atoms with Gasteiger partial charge in [-0.3, -0.25) is 4.79 Å². The quantitative estimate of drug-likeness (QED) is 0.330. The summed E-state index contributed by atoms with van der Waals surface area (Å²) in [7, 11) is 0. The van der Waals surface area contributed by atoms with E-state index in [4.69, 9.17) is 9.47 Å². The van der Waals surface area contributed by atoms with Crippen molar-refractivity contribution in [2.75, 3.05) is 0 Å². The summed E-state index contributed by atoms with van der Waals surface area (Å²) in [4.78, 5) is 12.5. The van der Waals surface area contributed by atoms with E-state index in [0.717, 1.165) is 37.5 Å². The second-order valence-corrected chi connectivity index (χ2v) is 8.33. The fourth-order valence-corrected chi connectivity index (χ4v) is 4.60. The summed E-state index contributed by atoms with van der Waals surface area (Å²) in [6, 6.07) is 2.51. The molecule has 0 saturated heterocycles. The highest BCUT2D eigenvalue weighted by atomic mass is 19.2. The molecule has 5 heteroatoms. The van der Waals surface area contributed by atoms with Gasteiger partial charge >= 0.3 is 5.97 Å². The number of ether oxygens (including phenoxy) is 2. The predicted octanol–water partition coefficient (Wildman–Crippen LogP) is 6.42. The first kappa shape index (κ1) is 20.8. The Kier molecular flexibility index (Phi) is 7.08. The van der Waals surface area contributed by atoms with Crippen molar-refractivity contribution in [3.63, 3.8) is 0 Å². The standard InChI is InChI=1S/C23H30F2O3/c1-3-14-27-19-12-13-20(22(25)21(19)24)28-23(26)18-10-8-17(9-11-18)16-6-4-15(2)5-7-16/h3,12-18H,4-11H2,1-2H3. The monoisotopic (exact) mass is 392 g/mol. The zero-order valence-electron chi connectivity index (χ0n) is 16.8. The van der Waals surface area contributed by atoms with Crippen LogP contribution in [0.1, 0.15) is 65.2 Å². The van der Waals surface area contributed by atoms with E-state index >= 15 is 0 Å². The summed E-state index contributed by atoms with van der Waals surface area (Å²) in [5, 5.41) is 0. The number of halogens is 2. The van der Waals surface area contributed by atoms with Gasteiger partial charge in [0, 0.05) is 0 Å². The molecule has 3 nitrogen and oxygen atoms in total. The highest BCUT2D eigenvalue weighted by Gasteiger charge is 2.33. The highest BCUT2D eigenvalue weighted by molar-refractivity contribution is 5.75. The fraction of sp³-hybridized carbons (Fsp3) is 0.609. The minimum absolute atomic E-state index is 0.236. The van der Waals surface area contributed by atoms with Crippen LogP contribution in [-0.2, 0) is 4.79 Å². The van der Waals surface area contributed by atoms with Gasteiger partial charge in [-0.2, -0.15) is 8.78 Å². The zero-order valence-corrected chi connectivity index (χ0v) is 16.8. The Morgan fingerprint density at radius 2 is 1.46 bits per heavy atom. The first-order chi connectivity index (χ1) is 13.5. The molecule has 1 aromatic rings. The van der Waals surface area contributed by atoms with Gasteiger partial charge in [0.15, 0.2) is 11.5 Å². The van der Waals surface area contributed by atoms with Crippen LogP contribution in [0.3, 0.4) is 0 Å². The normalized spacial score (nSPS) is 28.3. The molecule has 0 radical (unpaired) electrons. The zero-order chi connectivity index (χ0) is 20.1. The number of hydrogen-bond acceptors (Lipinski definition) is 3. The van der Waals surface area contributed by atoms with Gasteiger partial charge in [0.2, 0.25) is 11.6 Å². The molecule has 0 amide bonds. The molecule has 154 valence electrons. The van der Waals surface area contributed by atoms with Crippen LogP contribution in [0.4, 0.5) is 8.78 Å². The number of rotatable bonds is 5. The molecule has 0 atom stereocenters. The summed E-state index contributed by atoms with van der Waals surface area (Å²) in [6.45, 7) is 4.03. The van der Waals surface area contributed by atoms with Crippen LogP contribution in [0.2, 0.25) is 0 Å². The van der Waals surface area contributed by atoms with E-state index in [1.807, 2.05) is 0 Å². The van der Waals surface area contributed by atoms with Gasteiger partial charge in [0.25, 0.3) is 0 Å². The second-order valence-electron chi connectivity index (χ2n) is 8.33. The van der Waals surface area contributed by atoms with E-state index in [1.54, 1.807) is 13.0 Å². The van der Waals surface area contributed by atoms with Gasteiger partial charge in [-0.25, -0.2) is 0 Å². The smallest absolute Gasteiger partial charge is 0.314 e. The Hall–Kier alpha value is -1.91. The average molecular weight is 392 g/mol. The maximum atomic E-state index is 14.2. The number of allylic oxidation sites excluding steroid dienone is 1. The summed E-state index contributed by atoms with van der Waals surface area (Å²) in [6.07, 6.45) is 11.6. The van der Waals surface area contributed by atoms with Crippen LogP contribution < -0.4 is 9.47 Å². The van der Waals surface area contributed by atoms with Crippen LogP contribution in [0.15, 0.2) is 24.5 Å². The Labute approximate surface area is 166 Å². The maximum Gasteiger partial charge on any atom is 0.314 e. The van der Waals surface area contributed by atoms with E-state index in [2.05, 4.69) is 6.92 Å². The van der Waals surface area contributed by atoms with Gasteiger partial charge in [-0.1, -0.05) is 25.8 Å². The third kappa shape index (κ3) is 4.92. The first-order valence-corrected chi connectivity index (χ1v) is 10.5. The lowest BCUT2D eigenvalue weighted by molar-refractivity contribution is -0.140. The minimum atomic E-state index is -1.19. The number of carbonyl (C=O) groups is 1. The summed E-state index contributed by atoms with van der Waals surface area (Å²) >= 11 is 0. The number of benzene rings is 1. The summed E-state index contributed by atoms with van der Waals surface area (Å²) in [5.41, 5.74) is 0. The van der Waals surface area contributed by atoms with E-state index in [9.17, 15) is 13.6 Å². The Balaban J connectivity index is 1.54. The molecule has 3 rings (SSSR count). The molecule has 0 aliphatic heterocycles. The first-order valence-electron chi connectivity index (χ1n) is 10.5. The number of carbonyl (C=O) groups excluding carboxylic acids is 1. The predicted molar refractivity (Wildman–Crippen MR) is 104 cm³/mol. The molecule has 2 fully saturated rings. The van der Waals surface area contributed by atoms with Crippen molar-refractivity contribution >= 4 is 5.97 Å². The lowest BCUT2D eigenvalue weighted by atomic mass is 9.69. The van der Waals surface area contributed by atoms with Crippen molar-refractivity contribution in [2.24, 2.45) is 23.7 Å². The second kappa shape index (κ2) is 9.53. The van der Waals surface area contributed by atoms with E-state index in [1.165, 1.54) is 44.1 Å². The highest BCUT2D eigenvalue weighted by Crippen LogP contribution is 2.41. The lowest BCUT2D eigenvalue weighted by Gasteiger charge is -2.36. The largest absolute Gasteiger partial charge is 0.462 e. The Bertz CT molecular complexity index is 700. The SMILES string of the molecule is CC=COc1ccc(OC(=O)C2CCC(C3CCC(C)CC3)CC2)c(F)c1F. The van der Waals surface area contributed by atoms with Crippen LogP contribution >= 0.6 is 0 Å².